The van der Waals surface area contributed by atoms with Gasteiger partial charge in [0.15, 0.2) is 11.6 Å². The molecule has 0 amide bonds. The van der Waals surface area contributed by atoms with E-state index in [1.165, 1.54) is 25.9 Å². The third-order valence-electron chi connectivity index (χ3n) is 7.70. The fraction of sp³-hybridized carbons (Fsp3) is 0.189. The van der Waals surface area contributed by atoms with E-state index in [-0.39, 0.29) is 0 Å². The lowest BCUT2D eigenvalue weighted by molar-refractivity contribution is 0.849. The fourth-order valence-electron chi connectivity index (χ4n) is 5.22. The molecule has 0 unspecified atom stereocenters. The predicted molar refractivity (Wildman–Crippen MR) is 196 cm³/mol. The molecule has 7 heterocycles. The van der Waals surface area contributed by atoms with Gasteiger partial charge < -0.3 is 5.73 Å². The van der Waals surface area contributed by atoms with Crippen LogP contribution in [0.1, 0.15) is 49.0 Å². The molecule has 0 saturated carbocycles. The van der Waals surface area contributed by atoms with Gasteiger partial charge in [0.1, 0.15) is 0 Å². The van der Waals surface area contributed by atoms with Crippen molar-refractivity contribution in [1.82, 2.24) is 29.7 Å². The molecule has 7 rings (SSSR count). The number of aliphatic imine (C=N–C) groups is 1. The summed E-state index contributed by atoms with van der Waals surface area (Å²) in [5, 5.41) is 6.97. The molecule has 0 aliphatic heterocycles. The minimum Gasteiger partial charge on any atom is -0.404 e. The molecule has 236 valence electrons. The maximum atomic E-state index is 5.85. The first-order valence-electron chi connectivity index (χ1n) is 15.7. The number of hydrogen-bond donors (Lipinski definition) is 1. The van der Waals surface area contributed by atoms with E-state index in [2.05, 4.69) is 57.9 Å². The normalized spacial score (nSPS) is 12.0. The second kappa shape index (κ2) is 14.6. The lowest BCUT2D eigenvalue weighted by Crippen LogP contribution is -2.05. The minimum absolute atomic E-state index is 0.715. The molecule has 10 heteroatoms. The van der Waals surface area contributed by atoms with Crippen LogP contribution in [-0.4, -0.2) is 35.4 Å². The standard InChI is InChI=1S/C19H20N4S.C18H16N4S/c1-3-13(11-20)19(23-18-7-5-6-15(4-2)22-18)16-10-14-8-9-21-12-17(14)24-16;1-3-13-10-20-22(17-6-4-5-12(2)21-17)18(13)15-9-14-7-8-19-11-16(14)23-15/h5-12H,3-4,20H2,1-2H3;4-11H,3H2,1-2H3/b13-11-,23-19-;. The molecular formula is C37H36N8S2. The highest BCUT2D eigenvalue weighted by atomic mass is 32.1. The summed E-state index contributed by atoms with van der Waals surface area (Å²) in [7, 11) is 0. The van der Waals surface area contributed by atoms with Crippen LogP contribution < -0.4 is 5.73 Å². The number of nitrogens with zero attached hydrogens (tertiary/aromatic N) is 7. The fourth-order valence-corrected chi connectivity index (χ4v) is 7.37. The van der Waals surface area contributed by atoms with Crippen LogP contribution in [-0.2, 0) is 12.8 Å². The van der Waals surface area contributed by atoms with Gasteiger partial charge in [-0.3, -0.25) is 9.97 Å². The first kappa shape index (κ1) is 31.9. The van der Waals surface area contributed by atoms with E-state index < -0.39 is 0 Å². The van der Waals surface area contributed by atoms with Crippen LogP contribution in [0.25, 0.3) is 36.6 Å². The summed E-state index contributed by atoms with van der Waals surface area (Å²) < 4.78 is 4.28. The second-order valence-electron chi connectivity index (χ2n) is 10.8. The third kappa shape index (κ3) is 7.03. The molecule has 0 aliphatic rings. The van der Waals surface area contributed by atoms with Crippen LogP contribution in [0.3, 0.4) is 0 Å². The Hall–Kier alpha value is -5.06. The van der Waals surface area contributed by atoms with Gasteiger partial charge in [-0.05, 0) is 103 Å². The number of fused-ring (bicyclic) bond motifs is 2. The van der Waals surface area contributed by atoms with Gasteiger partial charge in [0, 0.05) is 36.2 Å². The maximum Gasteiger partial charge on any atom is 0.154 e. The van der Waals surface area contributed by atoms with Gasteiger partial charge in [0.05, 0.1) is 36.8 Å². The minimum atomic E-state index is 0.715. The molecule has 0 aliphatic carbocycles. The Labute approximate surface area is 282 Å². The molecule has 7 aromatic heterocycles. The monoisotopic (exact) mass is 656 g/mol. The van der Waals surface area contributed by atoms with Crippen molar-refractivity contribution in [2.75, 3.05) is 0 Å². The quantitative estimate of drug-likeness (QED) is 0.164. The molecule has 0 fully saturated rings. The van der Waals surface area contributed by atoms with Crippen molar-refractivity contribution in [1.29, 1.82) is 0 Å². The summed E-state index contributed by atoms with van der Waals surface area (Å²) in [5.74, 6) is 1.57. The SMILES string of the molecule is CCC(=C/N)/C(=N/c1cccc(CC)n1)c1cc2ccncc2s1.CCc1cnn(-c2cccc(C)n2)c1-c1cc2ccncc2s1. The van der Waals surface area contributed by atoms with Crippen LogP contribution in [0.4, 0.5) is 5.82 Å². The molecule has 0 radical (unpaired) electrons. The van der Waals surface area contributed by atoms with E-state index in [9.17, 15) is 0 Å². The Morgan fingerprint density at radius 1 is 0.851 bits per heavy atom. The number of hydrogen-bond acceptors (Lipinski definition) is 9. The van der Waals surface area contributed by atoms with E-state index >= 15 is 0 Å². The molecule has 0 atom stereocenters. The number of thiophene rings is 2. The zero-order valence-electron chi connectivity index (χ0n) is 26.9. The van der Waals surface area contributed by atoms with Crippen molar-refractivity contribution in [3.05, 3.63) is 125 Å². The van der Waals surface area contributed by atoms with Gasteiger partial charge in [-0.25, -0.2) is 19.6 Å². The van der Waals surface area contributed by atoms with Crippen molar-refractivity contribution in [2.24, 2.45) is 10.7 Å². The van der Waals surface area contributed by atoms with Crippen molar-refractivity contribution in [3.8, 4) is 16.4 Å². The van der Waals surface area contributed by atoms with E-state index in [1.807, 2.05) is 84.9 Å². The summed E-state index contributed by atoms with van der Waals surface area (Å²) >= 11 is 3.42. The van der Waals surface area contributed by atoms with Gasteiger partial charge in [-0.15, -0.1) is 22.7 Å². The van der Waals surface area contributed by atoms with Crippen molar-refractivity contribution in [2.45, 2.75) is 47.0 Å². The molecule has 0 saturated heterocycles. The summed E-state index contributed by atoms with van der Waals surface area (Å²) in [6, 6.07) is 20.4. The van der Waals surface area contributed by atoms with Crippen LogP contribution in [0, 0.1) is 6.92 Å². The summed E-state index contributed by atoms with van der Waals surface area (Å²) in [6.07, 6.45) is 13.7. The number of nitrogens with two attached hydrogens (primary N) is 1. The van der Waals surface area contributed by atoms with E-state index in [1.54, 1.807) is 35.1 Å². The number of allylic oxidation sites excluding steroid dienone is 1. The highest BCUT2D eigenvalue weighted by Crippen LogP contribution is 2.36. The van der Waals surface area contributed by atoms with Crippen LogP contribution in [0.2, 0.25) is 0 Å². The number of rotatable bonds is 8. The predicted octanol–water partition coefficient (Wildman–Crippen LogP) is 9.04. The van der Waals surface area contributed by atoms with Crippen molar-refractivity contribution in [3.63, 3.8) is 0 Å². The molecule has 47 heavy (non-hydrogen) atoms. The van der Waals surface area contributed by atoms with Gasteiger partial charge >= 0.3 is 0 Å². The first-order valence-corrected chi connectivity index (χ1v) is 17.3. The smallest absolute Gasteiger partial charge is 0.154 e. The van der Waals surface area contributed by atoms with Crippen molar-refractivity contribution < 1.29 is 0 Å². The molecule has 0 spiro atoms. The zero-order valence-corrected chi connectivity index (χ0v) is 28.5. The Balaban J connectivity index is 0.000000164. The maximum absolute atomic E-state index is 5.85. The van der Waals surface area contributed by atoms with E-state index in [4.69, 9.17) is 10.7 Å². The Kier molecular flexibility index (Phi) is 9.89. The Morgan fingerprint density at radius 3 is 2.26 bits per heavy atom. The Morgan fingerprint density at radius 2 is 1.60 bits per heavy atom. The highest BCUT2D eigenvalue weighted by Gasteiger charge is 2.17. The van der Waals surface area contributed by atoms with Crippen LogP contribution in [0.15, 0.2) is 108 Å². The van der Waals surface area contributed by atoms with Crippen LogP contribution in [0.5, 0.6) is 0 Å². The van der Waals surface area contributed by atoms with E-state index in [0.717, 1.165) is 63.0 Å². The van der Waals surface area contributed by atoms with Gasteiger partial charge in [0.25, 0.3) is 0 Å². The molecule has 7 aromatic rings. The van der Waals surface area contributed by atoms with E-state index in [0.29, 0.717) is 5.82 Å². The second-order valence-corrected chi connectivity index (χ2v) is 13.0. The molecule has 0 aromatic carbocycles. The number of pyridine rings is 4. The number of aryl methyl sites for hydroxylation is 3. The average molecular weight is 657 g/mol. The zero-order chi connectivity index (χ0) is 32.8. The van der Waals surface area contributed by atoms with Gasteiger partial charge in [0.2, 0.25) is 0 Å². The lowest BCUT2D eigenvalue weighted by atomic mass is 10.1. The van der Waals surface area contributed by atoms with Crippen molar-refractivity contribution >= 4 is 54.4 Å². The third-order valence-corrected chi connectivity index (χ3v) is 9.88. The molecule has 0 bridgehead atoms. The molecule has 2 N–H and O–H groups in total. The van der Waals surface area contributed by atoms with Gasteiger partial charge in [-0.1, -0.05) is 32.9 Å². The largest absolute Gasteiger partial charge is 0.404 e. The lowest BCUT2D eigenvalue weighted by Gasteiger charge is -2.07. The molecule has 8 nitrogen and oxygen atoms in total. The number of aromatic nitrogens is 6. The Bertz CT molecular complexity index is 2140. The summed E-state index contributed by atoms with van der Waals surface area (Å²) in [4.78, 5) is 24.7. The topological polar surface area (TPSA) is 108 Å². The van der Waals surface area contributed by atoms with Crippen LogP contribution >= 0.6 is 22.7 Å². The highest BCUT2D eigenvalue weighted by molar-refractivity contribution is 7.22. The average Bonchev–Trinajstić information content (AvgIpc) is 3.85. The summed E-state index contributed by atoms with van der Waals surface area (Å²) in [6.45, 7) is 8.33. The van der Waals surface area contributed by atoms with Gasteiger partial charge in [-0.2, -0.15) is 5.10 Å². The molecular weight excluding hydrogens is 621 g/mol. The summed E-state index contributed by atoms with van der Waals surface area (Å²) in [5.41, 5.74) is 12.1. The first-order chi connectivity index (χ1) is 23.0.